The Morgan fingerprint density at radius 3 is 2.58 bits per heavy atom. The standard InChI is InChI=1S/C7H8O4S/c1-5-6(7(8)9)3-2-4-12(5,10)11/h2-5H,1H3,(H,8,9). The van der Waals surface area contributed by atoms with Crippen LogP contribution in [-0.4, -0.2) is 24.7 Å². The molecule has 0 saturated carbocycles. The van der Waals surface area contributed by atoms with Crippen molar-refractivity contribution in [2.45, 2.75) is 12.2 Å². The molecule has 0 radical (unpaired) electrons. The lowest BCUT2D eigenvalue weighted by Crippen LogP contribution is -2.24. The van der Waals surface area contributed by atoms with Crippen LogP contribution in [0.5, 0.6) is 0 Å². The van der Waals surface area contributed by atoms with Crippen LogP contribution in [0.4, 0.5) is 0 Å². The third-order valence-corrected chi connectivity index (χ3v) is 3.50. The minimum atomic E-state index is -3.39. The fourth-order valence-electron chi connectivity index (χ4n) is 0.928. The Kier molecular flexibility index (Phi) is 2.06. The van der Waals surface area contributed by atoms with Crippen LogP contribution in [0, 0.1) is 0 Å². The summed E-state index contributed by atoms with van der Waals surface area (Å²) >= 11 is 0. The number of carboxylic acid groups (broad SMARTS) is 1. The van der Waals surface area contributed by atoms with Crippen molar-refractivity contribution in [3.63, 3.8) is 0 Å². The average molecular weight is 188 g/mol. The third kappa shape index (κ3) is 1.40. The van der Waals surface area contributed by atoms with E-state index in [2.05, 4.69) is 0 Å². The first-order valence-corrected chi connectivity index (χ1v) is 4.91. The number of carboxylic acids is 1. The van der Waals surface area contributed by atoms with Gasteiger partial charge in [-0.05, 0) is 13.0 Å². The maximum absolute atomic E-state index is 11.1. The molecule has 1 N–H and O–H groups in total. The smallest absolute Gasteiger partial charge is 0.332 e. The summed E-state index contributed by atoms with van der Waals surface area (Å²) in [5.74, 6) is -1.18. The highest BCUT2D eigenvalue weighted by Gasteiger charge is 2.28. The molecule has 66 valence electrons. The van der Waals surface area contributed by atoms with E-state index in [1.807, 2.05) is 0 Å². The number of hydrogen-bond donors (Lipinski definition) is 1. The highest BCUT2D eigenvalue weighted by molar-refractivity contribution is 7.95. The van der Waals surface area contributed by atoms with Gasteiger partial charge in [0.1, 0.15) is 0 Å². The Labute approximate surface area is 70.1 Å². The molecule has 0 amide bonds. The highest BCUT2D eigenvalue weighted by Crippen LogP contribution is 2.18. The minimum Gasteiger partial charge on any atom is -0.478 e. The monoisotopic (exact) mass is 188 g/mol. The van der Waals surface area contributed by atoms with Gasteiger partial charge in [0.25, 0.3) is 0 Å². The van der Waals surface area contributed by atoms with Gasteiger partial charge in [-0.3, -0.25) is 0 Å². The van der Waals surface area contributed by atoms with E-state index in [-0.39, 0.29) is 5.57 Å². The van der Waals surface area contributed by atoms with Crippen LogP contribution < -0.4 is 0 Å². The fourth-order valence-corrected chi connectivity index (χ4v) is 1.99. The van der Waals surface area contributed by atoms with Gasteiger partial charge in [0.2, 0.25) is 0 Å². The summed E-state index contributed by atoms with van der Waals surface area (Å²) in [7, 11) is -3.39. The molecule has 0 spiro atoms. The largest absolute Gasteiger partial charge is 0.478 e. The van der Waals surface area contributed by atoms with Crippen molar-refractivity contribution in [3.05, 3.63) is 23.1 Å². The van der Waals surface area contributed by atoms with Crippen LogP contribution >= 0.6 is 0 Å². The van der Waals surface area contributed by atoms with Crippen LogP contribution in [0.1, 0.15) is 6.92 Å². The summed E-state index contributed by atoms with van der Waals surface area (Å²) in [5.41, 5.74) is -0.0856. The van der Waals surface area contributed by atoms with Crippen molar-refractivity contribution in [2.24, 2.45) is 0 Å². The lowest BCUT2D eigenvalue weighted by molar-refractivity contribution is -0.132. The predicted octanol–water partition coefficient (Wildman–Crippen LogP) is 0.328. The summed E-state index contributed by atoms with van der Waals surface area (Å²) in [4.78, 5) is 10.5. The van der Waals surface area contributed by atoms with E-state index >= 15 is 0 Å². The van der Waals surface area contributed by atoms with Crippen molar-refractivity contribution in [2.75, 3.05) is 0 Å². The van der Waals surface area contributed by atoms with Gasteiger partial charge in [-0.2, -0.15) is 0 Å². The van der Waals surface area contributed by atoms with E-state index in [0.717, 1.165) is 5.41 Å². The van der Waals surface area contributed by atoms with Gasteiger partial charge in [0.15, 0.2) is 9.84 Å². The van der Waals surface area contributed by atoms with Crippen molar-refractivity contribution in [1.29, 1.82) is 0 Å². The van der Waals surface area contributed by atoms with Crippen LogP contribution in [0.2, 0.25) is 0 Å². The van der Waals surface area contributed by atoms with Crippen molar-refractivity contribution in [1.82, 2.24) is 0 Å². The molecule has 4 nitrogen and oxygen atoms in total. The first-order valence-electron chi connectivity index (χ1n) is 3.30. The molecule has 1 unspecified atom stereocenters. The molecule has 0 fully saturated rings. The van der Waals surface area contributed by atoms with Crippen LogP contribution in [0.25, 0.3) is 0 Å². The molecular formula is C7H8O4S. The van der Waals surface area contributed by atoms with Crippen LogP contribution in [-0.2, 0) is 14.6 Å². The number of hydrogen-bond acceptors (Lipinski definition) is 3. The number of rotatable bonds is 1. The summed E-state index contributed by atoms with van der Waals surface area (Å²) in [6.07, 6.45) is 2.53. The van der Waals surface area contributed by atoms with Crippen molar-refractivity contribution >= 4 is 15.8 Å². The van der Waals surface area contributed by atoms with Gasteiger partial charge in [-0.15, -0.1) is 0 Å². The molecule has 1 heterocycles. The summed E-state index contributed by atoms with van der Waals surface area (Å²) in [5, 5.41) is 8.65. The molecule has 0 aromatic rings. The SMILES string of the molecule is CC1C(C(=O)O)=CC=CS1(=O)=O. The van der Waals surface area contributed by atoms with E-state index in [0.29, 0.717) is 0 Å². The zero-order chi connectivity index (χ0) is 9.35. The molecule has 5 heteroatoms. The van der Waals surface area contributed by atoms with Gasteiger partial charge in [-0.1, -0.05) is 6.08 Å². The molecule has 0 aromatic heterocycles. The molecule has 0 aliphatic carbocycles. The third-order valence-electron chi connectivity index (χ3n) is 1.72. The molecule has 1 rings (SSSR count). The maximum atomic E-state index is 11.1. The van der Waals surface area contributed by atoms with E-state index < -0.39 is 21.1 Å². The van der Waals surface area contributed by atoms with E-state index in [1.165, 1.54) is 19.1 Å². The molecule has 0 bridgehead atoms. The van der Waals surface area contributed by atoms with Gasteiger partial charge in [0, 0.05) is 5.41 Å². The fraction of sp³-hybridized carbons (Fsp3) is 0.286. The second-order valence-corrected chi connectivity index (χ2v) is 4.64. The van der Waals surface area contributed by atoms with E-state index in [9.17, 15) is 13.2 Å². The number of carbonyl (C=O) groups is 1. The molecular weight excluding hydrogens is 180 g/mol. The van der Waals surface area contributed by atoms with Crippen LogP contribution in [0.3, 0.4) is 0 Å². The second-order valence-electron chi connectivity index (χ2n) is 2.49. The Hall–Kier alpha value is -1.10. The van der Waals surface area contributed by atoms with Gasteiger partial charge >= 0.3 is 5.97 Å². The number of aliphatic carboxylic acids is 1. The Morgan fingerprint density at radius 2 is 2.17 bits per heavy atom. The van der Waals surface area contributed by atoms with Gasteiger partial charge in [0.05, 0.1) is 10.8 Å². The number of allylic oxidation sites excluding steroid dienone is 2. The quantitative estimate of drug-likeness (QED) is 0.643. The zero-order valence-electron chi connectivity index (χ0n) is 6.39. The molecule has 0 saturated heterocycles. The van der Waals surface area contributed by atoms with E-state index in [1.54, 1.807) is 0 Å². The van der Waals surface area contributed by atoms with Crippen molar-refractivity contribution < 1.29 is 18.3 Å². The first kappa shape index (κ1) is 8.99. The van der Waals surface area contributed by atoms with E-state index in [4.69, 9.17) is 5.11 Å². The minimum absolute atomic E-state index is 0.0856. The summed E-state index contributed by atoms with van der Waals surface area (Å²) in [6, 6.07) is 0. The van der Waals surface area contributed by atoms with Gasteiger partial charge in [-0.25, -0.2) is 13.2 Å². The normalized spacial score (nSPS) is 26.4. The molecule has 1 aliphatic rings. The summed E-state index contributed by atoms with van der Waals surface area (Å²) in [6.45, 7) is 1.36. The predicted molar refractivity (Wildman–Crippen MR) is 43.2 cm³/mol. The second kappa shape index (κ2) is 2.75. The topological polar surface area (TPSA) is 71.4 Å². The molecule has 0 aromatic carbocycles. The lowest BCUT2D eigenvalue weighted by Gasteiger charge is -2.12. The molecule has 12 heavy (non-hydrogen) atoms. The van der Waals surface area contributed by atoms with Crippen molar-refractivity contribution in [3.8, 4) is 0 Å². The zero-order valence-corrected chi connectivity index (χ0v) is 7.21. The molecule has 1 atom stereocenters. The lowest BCUT2D eigenvalue weighted by atomic mass is 10.2. The Balaban J connectivity index is 3.16. The Morgan fingerprint density at radius 1 is 1.58 bits per heavy atom. The summed E-state index contributed by atoms with van der Waals surface area (Å²) < 4.78 is 22.2. The van der Waals surface area contributed by atoms with Gasteiger partial charge < -0.3 is 5.11 Å². The van der Waals surface area contributed by atoms with Crippen LogP contribution in [0.15, 0.2) is 23.1 Å². The number of sulfone groups is 1. The first-order chi connectivity index (χ1) is 5.45. The highest BCUT2D eigenvalue weighted by atomic mass is 32.2. The average Bonchev–Trinajstić information content (AvgIpc) is 1.94. The molecule has 1 aliphatic heterocycles. The maximum Gasteiger partial charge on any atom is 0.332 e. The Bertz CT molecular complexity index is 361.